The Morgan fingerprint density at radius 1 is 1.50 bits per heavy atom. The van der Waals surface area contributed by atoms with Gasteiger partial charge in [0.05, 0.1) is 17.8 Å². The molecule has 1 aromatic heterocycles. The van der Waals surface area contributed by atoms with Gasteiger partial charge in [-0.15, -0.1) is 11.3 Å². The summed E-state index contributed by atoms with van der Waals surface area (Å²) in [4.78, 5) is 20.2. The van der Waals surface area contributed by atoms with E-state index >= 15 is 0 Å². The lowest BCUT2D eigenvalue weighted by Gasteiger charge is -2.36. The van der Waals surface area contributed by atoms with E-state index in [1.54, 1.807) is 18.4 Å². The molecule has 138 valence electrons. The van der Waals surface area contributed by atoms with Crippen molar-refractivity contribution < 1.29 is 19.4 Å². The third-order valence-corrected chi connectivity index (χ3v) is 6.54. The molecule has 0 bridgehead atoms. The second-order valence-electron chi connectivity index (χ2n) is 7.09. The number of thiazole rings is 1. The molecule has 1 aromatic carbocycles. The van der Waals surface area contributed by atoms with Crippen molar-refractivity contribution >= 4 is 17.3 Å². The smallest absolute Gasteiger partial charge is 0.315 e. The van der Waals surface area contributed by atoms with Gasteiger partial charge in [0.25, 0.3) is 0 Å². The van der Waals surface area contributed by atoms with Crippen LogP contribution in [-0.4, -0.2) is 47.8 Å². The maximum atomic E-state index is 12.2. The van der Waals surface area contributed by atoms with Crippen LogP contribution in [0.2, 0.25) is 0 Å². The van der Waals surface area contributed by atoms with Crippen LogP contribution in [0.3, 0.4) is 0 Å². The van der Waals surface area contributed by atoms with Crippen LogP contribution in [0.5, 0.6) is 11.5 Å². The normalized spacial score (nSPS) is 24.7. The molecule has 2 atom stereocenters. The zero-order chi connectivity index (χ0) is 18.5. The molecule has 6 nitrogen and oxygen atoms in total. The van der Waals surface area contributed by atoms with Crippen molar-refractivity contribution in [3.05, 3.63) is 39.3 Å². The van der Waals surface area contributed by atoms with E-state index in [0.29, 0.717) is 24.6 Å². The van der Waals surface area contributed by atoms with E-state index < -0.39 is 11.4 Å². The molecule has 0 saturated carbocycles. The van der Waals surface area contributed by atoms with Gasteiger partial charge in [-0.05, 0) is 19.9 Å². The molecule has 0 radical (unpaired) electrons. The summed E-state index contributed by atoms with van der Waals surface area (Å²) in [6.07, 6.45) is 0. The maximum absolute atomic E-state index is 12.2. The summed E-state index contributed by atoms with van der Waals surface area (Å²) in [5.41, 5.74) is 1.04. The molecular formula is C19H22N2O4S. The first-order valence-electron chi connectivity index (χ1n) is 8.63. The quantitative estimate of drug-likeness (QED) is 0.887. The first-order chi connectivity index (χ1) is 12.4. The van der Waals surface area contributed by atoms with Crippen molar-refractivity contribution in [1.29, 1.82) is 0 Å². The Labute approximate surface area is 156 Å². The lowest BCUT2D eigenvalue weighted by atomic mass is 9.73. The number of ether oxygens (including phenoxy) is 2. The minimum atomic E-state index is -0.924. The summed E-state index contributed by atoms with van der Waals surface area (Å²) in [5.74, 6) is 0.432. The molecule has 1 saturated heterocycles. The molecule has 0 aliphatic carbocycles. The molecule has 4 rings (SSSR count). The Bertz CT molecular complexity index is 865. The summed E-state index contributed by atoms with van der Waals surface area (Å²) >= 11 is 1.68. The molecule has 3 heterocycles. The van der Waals surface area contributed by atoms with Crippen molar-refractivity contribution in [3.8, 4) is 11.5 Å². The van der Waals surface area contributed by atoms with E-state index in [4.69, 9.17) is 9.47 Å². The SMILES string of the molecule is COc1cccc2c1OC[C@@]1(C(=O)O)CN(Cc3sc(C)nc3C)C[C@@H]21. The van der Waals surface area contributed by atoms with Crippen molar-refractivity contribution in [2.24, 2.45) is 5.41 Å². The van der Waals surface area contributed by atoms with E-state index in [1.165, 1.54) is 4.88 Å². The van der Waals surface area contributed by atoms with Crippen LogP contribution in [0.15, 0.2) is 18.2 Å². The zero-order valence-electron chi connectivity index (χ0n) is 15.1. The fourth-order valence-electron chi connectivity index (χ4n) is 4.19. The van der Waals surface area contributed by atoms with Crippen LogP contribution < -0.4 is 9.47 Å². The average Bonchev–Trinajstić information content (AvgIpc) is 3.14. The number of hydrogen-bond acceptors (Lipinski definition) is 6. The standard InChI is InChI=1S/C19H22N2O4S/c1-11-16(26-12(2)20-11)8-21-7-14-13-5-4-6-15(24-3)17(13)25-10-19(14,9-21)18(22)23/h4-6,14H,7-10H2,1-3H3,(H,22,23)/t14-,19-/m0/s1. The Morgan fingerprint density at radius 3 is 2.96 bits per heavy atom. The van der Waals surface area contributed by atoms with Crippen molar-refractivity contribution in [3.63, 3.8) is 0 Å². The van der Waals surface area contributed by atoms with Gasteiger partial charge >= 0.3 is 5.97 Å². The summed E-state index contributed by atoms with van der Waals surface area (Å²) in [7, 11) is 1.61. The fraction of sp³-hybridized carbons (Fsp3) is 0.474. The Hall–Kier alpha value is -2.12. The highest BCUT2D eigenvalue weighted by Crippen LogP contribution is 2.52. The third-order valence-electron chi connectivity index (χ3n) is 5.49. The number of hydrogen-bond donors (Lipinski definition) is 1. The number of para-hydroxylation sites is 1. The van der Waals surface area contributed by atoms with Gasteiger partial charge in [0.15, 0.2) is 11.5 Å². The van der Waals surface area contributed by atoms with Crippen LogP contribution in [0.4, 0.5) is 0 Å². The van der Waals surface area contributed by atoms with E-state index in [0.717, 1.165) is 22.8 Å². The number of benzene rings is 1. The first kappa shape index (κ1) is 17.3. The highest BCUT2D eigenvalue weighted by Gasteiger charge is 2.56. The Balaban J connectivity index is 1.69. The van der Waals surface area contributed by atoms with Crippen LogP contribution in [0.1, 0.15) is 27.1 Å². The highest BCUT2D eigenvalue weighted by molar-refractivity contribution is 7.11. The van der Waals surface area contributed by atoms with Gasteiger partial charge in [-0.25, -0.2) is 4.98 Å². The number of fused-ring (bicyclic) bond motifs is 3. The fourth-order valence-corrected chi connectivity index (χ4v) is 5.17. The van der Waals surface area contributed by atoms with Gasteiger partial charge in [-0.2, -0.15) is 0 Å². The minimum absolute atomic E-state index is 0.117. The van der Waals surface area contributed by atoms with Crippen LogP contribution in [-0.2, 0) is 11.3 Å². The van der Waals surface area contributed by atoms with Crippen molar-refractivity contribution in [2.75, 3.05) is 26.8 Å². The van der Waals surface area contributed by atoms with Crippen LogP contribution in [0.25, 0.3) is 0 Å². The summed E-state index contributed by atoms with van der Waals surface area (Å²) < 4.78 is 11.3. The van der Waals surface area contributed by atoms with Gasteiger partial charge < -0.3 is 14.6 Å². The Kier molecular flexibility index (Phi) is 4.16. The van der Waals surface area contributed by atoms with E-state index in [-0.39, 0.29) is 12.5 Å². The lowest BCUT2D eigenvalue weighted by molar-refractivity contribution is -0.151. The van der Waals surface area contributed by atoms with E-state index in [9.17, 15) is 9.90 Å². The molecular weight excluding hydrogens is 352 g/mol. The number of aliphatic carboxylic acids is 1. The average molecular weight is 374 g/mol. The number of aromatic nitrogens is 1. The maximum Gasteiger partial charge on any atom is 0.315 e. The van der Waals surface area contributed by atoms with Gasteiger partial charge in [0.2, 0.25) is 0 Å². The number of methoxy groups -OCH3 is 1. The van der Waals surface area contributed by atoms with E-state index in [1.807, 2.05) is 32.0 Å². The summed E-state index contributed by atoms with van der Waals surface area (Å²) in [6, 6.07) is 5.71. The molecule has 0 spiro atoms. The number of carboxylic acids is 1. The number of likely N-dealkylation sites (tertiary alicyclic amines) is 1. The van der Waals surface area contributed by atoms with Crippen LogP contribution >= 0.6 is 11.3 Å². The van der Waals surface area contributed by atoms with Crippen molar-refractivity contribution in [1.82, 2.24) is 9.88 Å². The lowest BCUT2D eigenvalue weighted by Crippen LogP contribution is -2.45. The highest BCUT2D eigenvalue weighted by atomic mass is 32.1. The topological polar surface area (TPSA) is 71.9 Å². The molecule has 2 aliphatic heterocycles. The molecule has 1 N–H and O–H groups in total. The second kappa shape index (κ2) is 6.25. The number of carbonyl (C=O) groups is 1. The Morgan fingerprint density at radius 2 is 2.31 bits per heavy atom. The van der Waals surface area contributed by atoms with Crippen molar-refractivity contribution in [2.45, 2.75) is 26.3 Å². The van der Waals surface area contributed by atoms with Crippen LogP contribution in [0, 0.1) is 19.3 Å². The molecule has 2 aromatic rings. The third kappa shape index (κ3) is 2.57. The zero-order valence-corrected chi connectivity index (χ0v) is 15.9. The minimum Gasteiger partial charge on any atom is -0.493 e. The van der Waals surface area contributed by atoms with Gasteiger partial charge in [0.1, 0.15) is 12.0 Å². The molecule has 26 heavy (non-hydrogen) atoms. The monoisotopic (exact) mass is 374 g/mol. The molecule has 1 fully saturated rings. The predicted molar refractivity (Wildman–Crippen MR) is 98.2 cm³/mol. The number of rotatable bonds is 4. The summed E-state index contributed by atoms with van der Waals surface area (Å²) in [5, 5.41) is 11.1. The summed E-state index contributed by atoms with van der Waals surface area (Å²) in [6.45, 7) is 6.06. The first-order valence-corrected chi connectivity index (χ1v) is 9.44. The predicted octanol–water partition coefficient (Wildman–Crippen LogP) is 2.83. The molecule has 0 unspecified atom stereocenters. The van der Waals surface area contributed by atoms with Gasteiger partial charge in [0, 0.05) is 36.0 Å². The van der Waals surface area contributed by atoms with E-state index in [2.05, 4.69) is 9.88 Å². The number of nitrogens with zero attached hydrogens (tertiary/aromatic N) is 2. The largest absolute Gasteiger partial charge is 0.493 e. The molecule has 2 aliphatic rings. The van der Waals surface area contributed by atoms with Gasteiger partial charge in [-0.3, -0.25) is 9.69 Å². The second-order valence-corrected chi connectivity index (χ2v) is 8.38. The molecule has 7 heteroatoms. The number of carboxylic acid groups (broad SMARTS) is 1. The number of aryl methyl sites for hydroxylation is 2. The molecule has 0 amide bonds. The van der Waals surface area contributed by atoms with Gasteiger partial charge in [-0.1, -0.05) is 12.1 Å².